The van der Waals surface area contributed by atoms with Crippen LogP contribution in [0.25, 0.3) is 0 Å². The van der Waals surface area contributed by atoms with Crippen molar-refractivity contribution in [2.24, 2.45) is 11.1 Å². The first-order valence-electron chi connectivity index (χ1n) is 6.91. The van der Waals surface area contributed by atoms with Gasteiger partial charge in [0.15, 0.2) is 0 Å². The quantitative estimate of drug-likeness (QED) is 0.827. The van der Waals surface area contributed by atoms with Crippen molar-refractivity contribution in [1.29, 1.82) is 0 Å². The number of rotatable bonds is 3. The molecule has 1 amide bonds. The Bertz CT molecular complexity index is 277. The molecule has 0 bridgehead atoms. The molecule has 2 N–H and O–H groups in total. The summed E-state index contributed by atoms with van der Waals surface area (Å²) in [7, 11) is 4.06. The maximum Gasteiger partial charge on any atom is 0.224 e. The van der Waals surface area contributed by atoms with Gasteiger partial charge in [-0.25, -0.2) is 0 Å². The standard InChI is InChI=1S/C14H29N3O/c1-14(2,3)12(15)10-13(18)17(5)11-6-8-16(4)9-7-11/h11-12H,6-10,15H2,1-5H3. The number of nitrogens with zero attached hydrogens (tertiary/aromatic N) is 2. The van der Waals surface area contributed by atoms with Crippen molar-refractivity contribution in [3.63, 3.8) is 0 Å². The van der Waals surface area contributed by atoms with E-state index in [-0.39, 0.29) is 17.4 Å². The number of carbonyl (C=O) groups is 1. The summed E-state index contributed by atoms with van der Waals surface area (Å²) in [5, 5.41) is 0. The van der Waals surface area contributed by atoms with Crippen molar-refractivity contribution in [3.05, 3.63) is 0 Å². The fraction of sp³-hybridized carbons (Fsp3) is 0.929. The molecule has 4 nitrogen and oxygen atoms in total. The number of hydrogen-bond acceptors (Lipinski definition) is 3. The summed E-state index contributed by atoms with van der Waals surface area (Å²) in [6.07, 6.45) is 2.60. The molecule has 1 heterocycles. The van der Waals surface area contributed by atoms with Crippen molar-refractivity contribution in [2.45, 2.75) is 52.1 Å². The molecule has 1 aliphatic rings. The van der Waals surface area contributed by atoms with Gasteiger partial charge in [0.2, 0.25) is 5.91 Å². The third kappa shape index (κ3) is 4.25. The van der Waals surface area contributed by atoms with E-state index in [0.29, 0.717) is 12.5 Å². The van der Waals surface area contributed by atoms with Crippen molar-refractivity contribution in [3.8, 4) is 0 Å². The van der Waals surface area contributed by atoms with Gasteiger partial charge < -0.3 is 15.5 Å². The maximum absolute atomic E-state index is 12.2. The van der Waals surface area contributed by atoms with Crippen LogP contribution in [0.1, 0.15) is 40.0 Å². The third-order valence-electron chi connectivity index (χ3n) is 4.14. The van der Waals surface area contributed by atoms with E-state index >= 15 is 0 Å². The zero-order chi connectivity index (χ0) is 13.9. The van der Waals surface area contributed by atoms with Crippen LogP contribution in [0.3, 0.4) is 0 Å². The molecule has 18 heavy (non-hydrogen) atoms. The zero-order valence-electron chi connectivity index (χ0n) is 12.6. The molecule has 0 aromatic rings. The van der Waals surface area contributed by atoms with Crippen LogP contribution in [0.2, 0.25) is 0 Å². The first-order valence-corrected chi connectivity index (χ1v) is 6.91. The normalized spacial score (nSPS) is 20.8. The SMILES string of the molecule is CN1CCC(N(C)C(=O)CC(N)C(C)(C)C)CC1. The molecule has 0 saturated carbocycles. The van der Waals surface area contributed by atoms with E-state index in [0.717, 1.165) is 25.9 Å². The van der Waals surface area contributed by atoms with Gasteiger partial charge in [0, 0.05) is 25.6 Å². The highest BCUT2D eigenvalue weighted by atomic mass is 16.2. The first kappa shape index (κ1) is 15.4. The molecule has 1 aliphatic heterocycles. The Balaban J connectivity index is 2.46. The van der Waals surface area contributed by atoms with Gasteiger partial charge in [-0.2, -0.15) is 0 Å². The van der Waals surface area contributed by atoms with E-state index in [2.05, 4.69) is 32.7 Å². The highest BCUT2D eigenvalue weighted by Crippen LogP contribution is 2.22. The second-order valence-corrected chi connectivity index (χ2v) is 6.72. The van der Waals surface area contributed by atoms with E-state index in [1.807, 2.05) is 11.9 Å². The Morgan fingerprint density at radius 3 is 2.33 bits per heavy atom. The number of likely N-dealkylation sites (tertiary alicyclic amines) is 1. The van der Waals surface area contributed by atoms with Crippen LogP contribution >= 0.6 is 0 Å². The lowest BCUT2D eigenvalue weighted by atomic mass is 9.85. The van der Waals surface area contributed by atoms with E-state index in [1.54, 1.807) is 0 Å². The van der Waals surface area contributed by atoms with Gasteiger partial charge in [0.05, 0.1) is 0 Å². The smallest absolute Gasteiger partial charge is 0.224 e. The fourth-order valence-corrected chi connectivity index (χ4v) is 2.22. The van der Waals surface area contributed by atoms with Crippen molar-refractivity contribution >= 4 is 5.91 Å². The van der Waals surface area contributed by atoms with Crippen LogP contribution in [0.5, 0.6) is 0 Å². The van der Waals surface area contributed by atoms with E-state index in [9.17, 15) is 4.79 Å². The molecule has 1 rings (SSSR count). The van der Waals surface area contributed by atoms with Crippen molar-refractivity contribution < 1.29 is 4.79 Å². The Labute approximate surface area is 111 Å². The molecule has 0 radical (unpaired) electrons. The number of hydrogen-bond donors (Lipinski definition) is 1. The predicted octanol–water partition coefficient (Wildman–Crippen LogP) is 1.30. The van der Waals surface area contributed by atoms with Crippen molar-refractivity contribution in [2.75, 3.05) is 27.2 Å². The largest absolute Gasteiger partial charge is 0.343 e. The number of piperidine rings is 1. The number of nitrogens with two attached hydrogens (primary N) is 1. The Kier molecular flexibility index (Phi) is 5.17. The summed E-state index contributed by atoms with van der Waals surface area (Å²) in [4.78, 5) is 16.4. The number of carbonyl (C=O) groups excluding carboxylic acids is 1. The highest BCUT2D eigenvalue weighted by Gasteiger charge is 2.28. The minimum absolute atomic E-state index is 0.0106. The Morgan fingerprint density at radius 2 is 1.89 bits per heavy atom. The predicted molar refractivity (Wildman–Crippen MR) is 75.3 cm³/mol. The molecule has 1 saturated heterocycles. The molecular weight excluding hydrogens is 226 g/mol. The first-order chi connectivity index (χ1) is 8.21. The summed E-state index contributed by atoms with van der Waals surface area (Å²) in [5.41, 5.74) is 6.07. The van der Waals surface area contributed by atoms with Gasteiger partial charge in [-0.3, -0.25) is 4.79 Å². The summed E-state index contributed by atoms with van der Waals surface area (Å²) >= 11 is 0. The molecule has 106 valence electrons. The van der Waals surface area contributed by atoms with Crippen LogP contribution in [-0.4, -0.2) is 55.0 Å². The highest BCUT2D eigenvalue weighted by molar-refractivity contribution is 5.77. The Morgan fingerprint density at radius 1 is 1.39 bits per heavy atom. The van der Waals surface area contributed by atoms with E-state index < -0.39 is 0 Å². The average Bonchev–Trinajstić information content (AvgIpc) is 2.27. The van der Waals surface area contributed by atoms with Crippen LogP contribution in [-0.2, 0) is 4.79 Å². The van der Waals surface area contributed by atoms with Gasteiger partial charge in [0.25, 0.3) is 0 Å². The lowest BCUT2D eigenvalue weighted by Crippen LogP contribution is -2.47. The van der Waals surface area contributed by atoms with E-state index in [1.165, 1.54) is 0 Å². The average molecular weight is 255 g/mol. The van der Waals surface area contributed by atoms with Crippen LogP contribution in [0, 0.1) is 5.41 Å². The summed E-state index contributed by atoms with van der Waals surface area (Å²) in [6.45, 7) is 8.41. The molecule has 0 aromatic heterocycles. The van der Waals surface area contributed by atoms with Crippen LogP contribution in [0.4, 0.5) is 0 Å². The molecular formula is C14H29N3O. The monoisotopic (exact) mass is 255 g/mol. The fourth-order valence-electron chi connectivity index (χ4n) is 2.22. The zero-order valence-corrected chi connectivity index (χ0v) is 12.6. The second kappa shape index (κ2) is 6.02. The minimum atomic E-state index is -0.0706. The van der Waals surface area contributed by atoms with Crippen LogP contribution in [0.15, 0.2) is 0 Å². The van der Waals surface area contributed by atoms with Crippen LogP contribution < -0.4 is 5.73 Å². The van der Waals surface area contributed by atoms with Gasteiger partial charge in [-0.05, 0) is 38.4 Å². The maximum atomic E-state index is 12.2. The lowest BCUT2D eigenvalue weighted by molar-refractivity contribution is -0.133. The van der Waals surface area contributed by atoms with Gasteiger partial charge in [0.1, 0.15) is 0 Å². The molecule has 0 aromatic carbocycles. The number of amides is 1. The van der Waals surface area contributed by atoms with Gasteiger partial charge in [-0.15, -0.1) is 0 Å². The summed E-state index contributed by atoms with van der Waals surface area (Å²) in [5.74, 6) is 0.187. The molecule has 0 aliphatic carbocycles. The van der Waals surface area contributed by atoms with Gasteiger partial charge >= 0.3 is 0 Å². The molecule has 1 unspecified atom stereocenters. The molecule has 1 atom stereocenters. The molecule has 1 fully saturated rings. The second-order valence-electron chi connectivity index (χ2n) is 6.72. The van der Waals surface area contributed by atoms with Crippen molar-refractivity contribution in [1.82, 2.24) is 9.80 Å². The molecule has 0 spiro atoms. The third-order valence-corrected chi connectivity index (χ3v) is 4.14. The summed E-state index contributed by atoms with van der Waals surface area (Å²) < 4.78 is 0. The van der Waals surface area contributed by atoms with E-state index in [4.69, 9.17) is 5.73 Å². The topological polar surface area (TPSA) is 49.6 Å². The summed E-state index contributed by atoms with van der Waals surface area (Å²) in [6, 6.07) is 0.319. The lowest BCUT2D eigenvalue weighted by Gasteiger charge is -2.36. The molecule has 4 heteroatoms. The minimum Gasteiger partial charge on any atom is -0.343 e. The Hall–Kier alpha value is -0.610. The van der Waals surface area contributed by atoms with Gasteiger partial charge in [-0.1, -0.05) is 20.8 Å².